The Balaban J connectivity index is 2.56. The predicted molar refractivity (Wildman–Crippen MR) is 70.8 cm³/mol. The molecule has 3 nitrogen and oxygen atoms in total. The fraction of sp³-hybridized carbons (Fsp3) is 0.231. The third kappa shape index (κ3) is 4.72. The predicted octanol–water partition coefficient (Wildman–Crippen LogP) is 3.38. The molecule has 0 amide bonds. The summed E-state index contributed by atoms with van der Waals surface area (Å²) in [6.45, 7) is 1.60. The molecule has 0 aromatic heterocycles. The summed E-state index contributed by atoms with van der Waals surface area (Å²) in [5.74, 6) is -0.865. The zero-order valence-corrected chi connectivity index (χ0v) is 10.3. The summed E-state index contributed by atoms with van der Waals surface area (Å²) in [5, 5.41) is 11.0. The minimum Gasteiger partial charge on any atom is -0.478 e. The number of aliphatic imine (C=N–C) groups is 1. The van der Waals surface area contributed by atoms with E-state index in [-0.39, 0.29) is 0 Å². The van der Waals surface area contributed by atoms with Crippen molar-refractivity contribution in [3.8, 4) is 0 Å². The molecule has 0 bridgehead atoms. The van der Waals surface area contributed by atoms with Crippen LogP contribution in [0.25, 0.3) is 0 Å². The fourth-order valence-corrected chi connectivity index (χ4v) is 1.44. The second-order valence-electron chi connectivity index (χ2n) is 3.60. The second kappa shape index (κ2) is 6.74. The number of hydrogen-bond acceptors (Lipinski definition) is 3. The quantitative estimate of drug-likeness (QED) is 0.493. The number of benzene rings is 1. The maximum Gasteiger partial charge on any atom is 0.330 e. The van der Waals surface area contributed by atoms with Crippen LogP contribution >= 0.6 is 12.2 Å². The van der Waals surface area contributed by atoms with Gasteiger partial charge in [-0.05, 0) is 49.7 Å². The van der Waals surface area contributed by atoms with Crippen molar-refractivity contribution < 1.29 is 9.90 Å². The van der Waals surface area contributed by atoms with Crippen LogP contribution in [-0.2, 0) is 11.2 Å². The van der Waals surface area contributed by atoms with Gasteiger partial charge in [0.1, 0.15) is 0 Å². The van der Waals surface area contributed by atoms with Crippen molar-refractivity contribution in [1.82, 2.24) is 0 Å². The van der Waals surface area contributed by atoms with Crippen LogP contribution in [0.4, 0.5) is 5.69 Å². The van der Waals surface area contributed by atoms with E-state index < -0.39 is 5.97 Å². The number of carboxylic acid groups (broad SMARTS) is 1. The van der Waals surface area contributed by atoms with Crippen molar-refractivity contribution in [2.45, 2.75) is 19.8 Å². The van der Waals surface area contributed by atoms with Gasteiger partial charge in [0.05, 0.1) is 10.8 Å². The summed E-state index contributed by atoms with van der Waals surface area (Å²) in [6, 6.07) is 7.63. The SMILES string of the molecule is CC(=CCCc1ccc(N=C=S)cc1)C(=O)O. The highest BCUT2D eigenvalue weighted by Crippen LogP contribution is 2.13. The molecule has 1 rings (SSSR count). The molecule has 1 aromatic rings. The van der Waals surface area contributed by atoms with Crippen LogP contribution in [0.1, 0.15) is 18.9 Å². The van der Waals surface area contributed by atoms with Gasteiger partial charge in [0.2, 0.25) is 0 Å². The van der Waals surface area contributed by atoms with Crippen molar-refractivity contribution in [3.05, 3.63) is 41.5 Å². The third-order valence-electron chi connectivity index (χ3n) is 2.33. The van der Waals surface area contributed by atoms with E-state index in [1.165, 1.54) is 0 Å². The Kier molecular flexibility index (Phi) is 5.27. The van der Waals surface area contributed by atoms with Gasteiger partial charge in [-0.15, -0.1) is 0 Å². The first-order valence-electron chi connectivity index (χ1n) is 5.20. The van der Waals surface area contributed by atoms with Gasteiger partial charge < -0.3 is 5.11 Å². The molecule has 88 valence electrons. The van der Waals surface area contributed by atoms with Gasteiger partial charge in [0, 0.05) is 5.57 Å². The van der Waals surface area contributed by atoms with Crippen LogP contribution in [0.15, 0.2) is 40.9 Å². The Morgan fingerprint density at radius 3 is 2.65 bits per heavy atom. The van der Waals surface area contributed by atoms with Gasteiger partial charge in [-0.1, -0.05) is 18.2 Å². The Morgan fingerprint density at radius 2 is 2.12 bits per heavy atom. The summed E-state index contributed by atoms with van der Waals surface area (Å²) >= 11 is 4.51. The minimum absolute atomic E-state index is 0.381. The molecule has 0 aliphatic rings. The molecule has 0 heterocycles. The molecule has 0 aliphatic carbocycles. The number of aryl methyl sites for hydroxylation is 1. The van der Waals surface area contributed by atoms with E-state index in [0.717, 1.165) is 17.7 Å². The molecule has 17 heavy (non-hydrogen) atoms. The van der Waals surface area contributed by atoms with E-state index in [4.69, 9.17) is 5.11 Å². The van der Waals surface area contributed by atoms with Crippen LogP contribution in [0.3, 0.4) is 0 Å². The van der Waals surface area contributed by atoms with Crippen molar-refractivity contribution in [3.63, 3.8) is 0 Å². The molecular formula is C13H13NO2S. The van der Waals surface area contributed by atoms with Crippen LogP contribution in [0, 0.1) is 0 Å². The smallest absolute Gasteiger partial charge is 0.330 e. The van der Waals surface area contributed by atoms with Crippen molar-refractivity contribution in [1.29, 1.82) is 0 Å². The average Bonchev–Trinajstić information content (AvgIpc) is 2.31. The number of aliphatic carboxylic acids is 1. The molecule has 0 saturated carbocycles. The Bertz CT molecular complexity index is 471. The zero-order valence-electron chi connectivity index (χ0n) is 9.51. The summed E-state index contributed by atoms with van der Waals surface area (Å²) in [4.78, 5) is 14.4. The first kappa shape index (κ1) is 13.3. The molecule has 4 heteroatoms. The van der Waals surface area contributed by atoms with Crippen LogP contribution in [0.2, 0.25) is 0 Å². The van der Waals surface area contributed by atoms with Crippen LogP contribution < -0.4 is 0 Å². The zero-order chi connectivity index (χ0) is 12.7. The number of hydrogen-bond donors (Lipinski definition) is 1. The molecular weight excluding hydrogens is 234 g/mol. The van der Waals surface area contributed by atoms with E-state index in [1.807, 2.05) is 24.3 Å². The topological polar surface area (TPSA) is 49.7 Å². The maximum atomic E-state index is 10.6. The lowest BCUT2D eigenvalue weighted by molar-refractivity contribution is -0.132. The van der Waals surface area contributed by atoms with E-state index in [1.54, 1.807) is 13.0 Å². The number of isothiocyanates is 1. The van der Waals surface area contributed by atoms with E-state index in [9.17, 15) is 4.79 Å². The maximum absolute atomic E-state index is 10.6. The third-order valence-corrected chi connectivity index (χ3v) is 2.42. The lowest BCUT2D eigenvalue weighted by atomic mass is 10.1. The molecule has 0 fully saturated rings. The van der Waals surface area contributed by atoms with E-state index in [0.29, 0.717) is 12.0 Å². The Labute approximate surface area is 106 Å². The summed E-state index contributed by atoms with van der Waals surface area (Å²) < 4.78 is 0. The molecule has 0 atom stereocenters. The summed E-state index contributed by atoms with van der Waals surface area (Å²) in [7, 11) is 0. The average molecular weight is 247 g/mol. The number of thiocarbonyl (C=S) groups is 1. The van der Waals surface area contributed by atoms with Gasteiger partial charge in [0.25, 0.3) is 0 Å². The van der Waals surface area contributed by atoms with Gasteiger partial charge in [-0.3, -0.25) is 0 Å². The van der Waals surface area contributed by atoms with Gasteiger partial charge in [-0.2, -0.15) is 4.99 Å². The lowest BCUT2D eigenvalue weighted by Gasteiger charge is -1.99. The largest absolute Gasteiger partial charge is 0.478 e. The normalized spacial score (nSPS) is 10.8. The number of rotatable bonds is 5. The van der Waals surface area contributed by atoms with E-state index in [2.05, 4.69) is 22.4 Å². The highest BCUT2D eigenvalue weighted by molar-refractivity contribution is 7.78. The van der Waals surface area contributed by atoms with Crippen molar-refractivity contribution in [2.75, 3.05) is 0 Å². The number of nitrogens with zero attached hydrogens (tertiary/aromatic N) is 1. The van der Waals surface area contributed by atoms with E-state index >= 15 is 0 Å². The lowest BCUT2D eigenvalue weighted by Crippen LogP contribution is -1.96. The first-order chi connectivity index (χ1) is 8.13. The van der Waals surface area contributed by atoms with Crippen LogP contribution in [0.5, 0.6) is 0 Å². The molecule has 0 spiro atoms. The monoisotopic (exact) mass is 247 g/mol. The Hall–Kier alpha value is -1.77. The van der Waals surface area contributed by atoms with Crippen molar-refractivity contribution in [2.24, 2.45) is 4.99 Å². The first-order valence-corrected chi connectivity index (χ1v) is 5.61. The molecule has 0 saturated heterocycles. The van der Waals surface area contributed by atoms with Crippen LogP contribution in [-0.4, -0.2) is 16.2 Å². The Morgan fingerprint density at radius 1 is 1.47 bits per heavy atom. The summed E-state index contributed by atoms with van der Waals surface area (Å²) in [5.41, 5.74) is 2.30. The molecule has 1 aromatic carbocycles. The molecule has 0 radical (unpaired) electrons. The second-order valence-corrected chi connectivity index (χ2v) is 3.78. The summed E-state index contributed by atoms with van der Waals surface area (Å²) in [6.07, 6.45) is 3.26. The molecule has 0 unspecified atom stereocenters. The number of allylic oxidation sites excluding steroid dienone is 1. The van der Waals surface area contributed by atoms with Gasteiger partial charge in [0.15, 0.2) is 0 Å². The number of carboxylic acids is 1. The minimum atomic E-state index is -0.865. The fourth-order valence-electron chi connectivity index (χ4n) is 1.33. The highest BCUT2D eigenvalue weighted by Gasteiger charge is 1.98. The number of carbonyl (C=O) groups is 1. The molecule has 1 N–H and O–H groups in total. The van der Waals surface area contributed by atoms with Gasteiger partial charge >= 0.3 is 5.97 Å². The van der Waals surface area contributed by atoms with Crippen molar-refractivity contribution >= 4 is 29.0 Å². The standard InChI is InChI=1S/C13H13NO2S/c1-10(13(15)16)3-2-4-11-5-7-12(8-6-11)14-9-17/h3,5-8H,2,4H2,1H3,(H,15,16). The van der Waals surface area contributed by atoms with Gasteiger partial charge in [-0.25, -0.2) is 4.79 Å². The highest BCUT2D eigenvalue weighted by atomic mass is 32.1. The molecule has 0 aliphatic heterocycles.